The third-order valence-corrected chi connectivity index (χ3v) is 6.19. The minimum Gasteiger partial charge on any atom is -0.374 e. The molecule has 0 aliphatic heterocycles. The van der Waals surface area contributed by atoms with Crippen LogP contribution in [0, 0.1) is 0 Å². The molecule has 0 fully saturated rings. The molecule has 6 nitrogen and oxygen atoms in total. The minimum atomic E-state index is -2.06. The molecule has 0 radical (unpaired) electrons. The van der Waals surface area contributed by atoms with Crippen molar-refractivity contribution in [2.45, 2.75) is 41.5 Å². The number of rotatable bonds is 18. The van der Waals surface area contributed by atoms with E-state index in [0.29, 0.717) is 19.8 Å². The van der Waals surface area contributed by atoms with Gasteiger partial charge in [0.25, 0.3) is 0 Å². The summed E-state index contributed by atoms with van der Waals surface area (Å²) < 4.78 is 18.0. The highest BCUT2D eigenvalue weighted by Crippen LogP contribution is 1.98. The van der Waals surface area contributed by atoms with Gasteiger partial charge in [0, 0.05) is 19.6 Å². The van der Waals surface area contributed by atoms with Gasteiger partial charge in [-0.3, -0.25) is 0 Å². The van der Waals surface area contributed by atoms with Crippen LogP contribution >= 0.6 is 0 Å². The lowest BCUT2D eigenvalue weighted by atomic mass is 10.5. The van der Waals surface area contributed by atoms with E-state index in [9.17, 15) is 0 Å². The van der Waals surface area contributed by atoms with Gasteiger partial charge in [0.15, 0.2) is 0 Å². The van der Waals surface area contributed by atoms with Gasteiger partial charge in [0.2, 0.25) is 0 Å². The molecule has 0 heterocycles. The molecule has 0 unspecified atom stereocenters. The van der Waals surface area contributed by atoms with Gasteiger partial charge in [-0.05, 0) is 39.3 Å². The quantitative estimate of drug-likeness (QED) is 0.339. The van der Waals surface area contributed by atoms with E-state index in [1.54, 1.807) is 0 Å². The zero-order valence-electron chi connectivity index (χ0n) is 17.6. The topological polar surface area (TPSA) is 37.4 Å². The van der Waals surface area contributed by atoms with Gasteiger partial charge >= 0.3 is 9.53 Å². The molecule has 0 bridgehead atoms. The highest BCUT2D eigenvalue weighted by atomic mass is 28.3. The van der Waals surface area contributed by atoms with Crippen LogP contribution in [0.4, 0.5) is 0 Å². The summed E-state index contributed by atoms with van der Waals surface area (Å²) >= 11 is 0. The molecule has 0 aliphatic carbocycles. The molecule has 0 N–H and O–H groups in total. The molecule has 0 rings (SSSR count). The van der Waals surface area contributed by atoms with Gasteiger partial charge < -0.3 is 28.0 Å². The fourth-order valence-corrected chi connectivity index (χ4v) is 3.78. The Labute approximate surface area is 158 Å². The van der Waals surface area contributed by atoms with Crippen molar-refractivity contribution in [3.05, 3.63) is 0 Å². The predicted molar refractivity (Wildman–Crippen MR) is 108 cm³/mol. The van der Waals surface area contributed by atoms with Crippen molar-refractivity contribution in [3.63, 3.8) is 0 Å². The smallest absolute Gasteiger partial charge is 0.374 e. The summed E-state index contributed by atoms with van der Waals surface area (Å²) in [6.45, 7) is 24.3. The van der Waals surface area contributed by atoms with Crippen LogP contribution in [0.15, 0.2) is 0 Å². The van der Waals surface area contributed by atoms with Crippen molar-refractivity contribution < 1.29 is 13.3 Å². The van der Waals surface area contributed by atoms with Crippen molar-refractivity contribution in [1.29, 1.82) is 0 Å². The highest BCUT2D eigenvalue weighted by molar-refractivity contribution is 6.36. The average molecular weight is 378 g/mol. The van der Waals surface area contributed by atoms with E-state index in [4.69, 9.17) is 13.3 Å². The minimum absolute atomic E-state index is 0.690. The molecule has 0 atom stereocenters. The third kappa shape index (κ3) is 12.9. The van der Waals surface area contributed by atoms with Crippen LogP contribution in [0.25, 0.3) is 0 Å². The highest BCUT2D eigenvalue weighted by Gasteiger charge is 2.17. The fourth-order valence-electron chi connectivity index (χ4n) is 2.60. The zero-order chi connectivity index (χ0) is 18.9. The largest absolute Gasteiger partial charge is 0.484 e. The summed E-state index contributed by atoms with van der Waals surface area (Å²) in [6.07, 6.45) is 0. The molecule has 152 valence electrons. The van der Waals surface area contributed by atoms with Crippen molar-refractivity contribution in [3.8, 4) is 0 Å². The van der Waals surface area contributed by atoms with Gasteiger partial charge in [0.1, 0.15) is 0 Å². The zero-order valence-corrected chi connectivity index (χ0v) is 18.8. The first-order valence-corrected chi connectivity index (χ1v) is 11.6. The first kappa shape index (κ1) is 25.0. The second-order valence-corrected chi connectivity index (χ2v) is 7.56. The number of likely N-dealkylation sites (N-methyl/N-ethyl adjacent to an activating group) is 3. The molecule has 0 aromatic rings. The van der Waals surface area contributed by atoms with E-state index >= 15 is 0 Å². The SMILES string of the molecule is CCN(CC)CCO[SiH](OCCN(CC)CC)OCCN(CC)CC. The van der Waals surface area contributed by atoms with Crippen LogP contribution in [0.1, 0.15) is 41.5 Å². The predicted octanol–water partition coefficient (Wildman–Crippen LogP) is 1.78. The third-order valence-electron chi connectivity index (χ3n) is 4.67. The maximum absolute atomic E-state index is 5.99. The monoisotopic (exact) mass is 377 g/mol. The van der Waals surface area contributed by atoms with Crippen LogP contribution in [-0.2, 0) is 13.3 Å². The van der Waals surface area contributed by atoms with Gasteiger partial charge in [-0.2, -0.15) is 0 Å². The molecule has 7 heteroatoms. The standard InChI is InChI=1S/C18H43N3O3Si/c1-7-19(8-2)13-16-22-25(23-17-14-20(9-3)10-4)24-18-15-21(11-5)12-6/h25H,7-18H2,1-6H3. The summed E-state index contributed by atoms with van der Waals surface area (Å²) in [6, 6.07) is 0. The van der Waals surface area contributed by atoms with Crippen LogP contribution in [-0.4, -0.2) is 103 Å². The Morgan fingerprint density at radius 3 is 0.920 bits per heavy atom. The summed E-state index contributed by atoms with van der Waals surface area (Å²) in [7, 11) is -2.06. The molecule has 0 saturated carbocycles. The molecule has 0 amide bonds. The lowest BCUT2D eigenvalue weighted by Crippen LogP contribution is -2.37. The Morgan fingerprint density at radius 2 is 0.720 bits per heavy atom. The molecule has 0 aromatic carbocycles. The first-order chi connectivity index (χ1) is 12.1. The summed E-state index contributed by atoms with van der Waals surface area (Å²) in [5, 5.41) is 0. The number of hydrogen-bond donors (Lipinski definition) is 0. The van der Waals surface area contributed by atoms with Crippen molar-refractivity contribution in [2.24, 2.45) is 0 Å². The maximum atomic E-state index is 5.99. The van der Waals surface area contributed by atoms with E-state index in [1.165, 1.54) is 0 Å². The normalized spacial score (nSPS) is 12.2. The molecule has 25 heavy (non-hydrogen) atoms. The lowest BCUT2D eigenvalue weighted by molar-refractivity contribution is 0.0695. The summed E-state index contributed by atoms with van der Waals surface area (Å²) in [4.78, 5) is 7.08. The van der Waals surface area contributed by atoms with E-state index in [1.807, 2.05) is 0 Å². The van der Waals surface area contributed by atoms with Crippen molar-refractivity contribution >= 4 is 9.53 Å². The first-order valence-electron chi connectivity index (χ1n) is 10.2. The maximum Gasteiger partial charge on any atom is 0.484 e. The van der Waals surface area contributed by atoms with Crippen LogP contribution < -0.4 is 0 Å². The van der Waals surface area contributed by atoms with Crippen LogP contribution in [0.2, 0.25) is 0 Å². The Hall–Kier alpha value is -0.0231. The van der Waals surface area contributed by atoms with Gasteiger partial charge in [-0.25, -0.2) is 0 Å². The van der Waals surface area contributed by atoms with Crippen molar-refractivity contribution in [1.82, 2.24) is 14.7 Å². The van der Waals surface area contributed by atoms with E-state index in [2.05, 4.69) is 56.2 Å². The van der Waals surface area contributed by atoms with Gasteiger partial charge in [-0.15, -0.1) is 0 Å². The van der Waals surface area contributed by atoms with Crippen LogP contribution in [0.3, 0.4) is 0 Å². The summed E-state index contributed by atoms with van der Waals surface area (Å²) in [5.74, 6) is 0. The Balaban J connectivity index is 4.24. The molecule has 0 aromatic heterocycles. The molecular weight excluding hydrogens is 334 g/mol. The Bertz CT molecular complexity index is 233. The van der Waals surface area contributed by atoms with E-state index in [0.717, 1.165) is 58.9 Å². The van der Waals surface area contributed by atoms with Crippen molar-refractivity contribution in [2.75, 3.05) is 78.7 Å². The second kappa shape index (κ2) is 17.4. The Kier molecular flexibility index (Phi) is 17.4. The van der Waals surface area contributed by atoms with E-state index in [-0.39, 0.29) is 0 Å². The lowest BCUT2D eigenvalue weighted by Gasteiger charge is -2.24. The number of nitrogens with zero attached hydrogens (tertiary/aromatic N) is 3. The second-order valence-electron chi connectivity index (χ2n) is 5.98. The molecular formula is C18H43N3O3Si. The molecule has 0 spiro atoms. The van der Waals surface area contributed by atoms with Gasteiger partial charge in [-0.1, -0.05) is 41.5 Å². The summed E-state index contributed by atoms with van der Waals surface area (Å²) in [5.41, 5.74) is 0. The van der Waals surface area contributed by atoms with E-state index < -0.39 is 9.53 Å². The van der Waals surface area contributed by atoms with Crippen LogP contribution in [0.5, 0.6) is 0 Å². The number of hydrogen-bond acceptors (Lipinski definition) is 6. The fraction of sp³-hybridized carbons (Fsp3) is 1.00. The van der Waals surface area contributed by atoms with Gasteiger partial charge in [0.05, 0.1) is 19.8 Å². The molecule has 0 saturated heterocycles. The Morgan fingerprint density at radius 1 is 0.480 bits per heavy atom. The average Bonchev–Trinajstić information content (AvgIpc) is 2.65. The molecule has 0 aliphatic rings.